The van der Waals surface area contributed by atoms with Gasteiger partial charge in [0.1, 0.15) is 0 Å². The van der Waals surface area contributed by atoms with Gasteiger partial charge in [0.05, 0.1) is 19.0 Å². The molecule has 28 heavy (non-hydrogen) atoms. The lowest BCUT2D eigenvalue weighted by Crippen LogP contribution is -2.02. The van der Waals surface area contributed by atoms with Crippen LogP contribution in [0.25, 0.3) is 23.1 Å². The molecule has 3 rings (SSSR count). The number of methoxy groups -OCH3 is 1. The molecule has 5 nitrogen and oxygen atoms in total. The van der Waals surface area contributed by atoms with E-state index in [2.05, 4.69) is 4.98 Å². The van der Waals surface area contributed by atoms with Crippen LogP contribution in [-0.2, 0) is 9.59 Å². The third kappa shape index (κ3) is 4.71. The SMILES string of the molecule is COc1cc(C=CC(=O)CC(=O)C=Cc2cccc3cccnc23)ccc1O. The Hall–Kier alpha value is -3.73. The number of fused-ring (bicyclic) bond motifs is 1. The van der Waals surface area contributed by atoms with Gasteiger partial charge in [0.2, 0.25) is 0 Å². The Balaban J connectivity index is 1.64. The number of aromatic nitrogens is 1. The van der Waals surface area contributed by atoms with E-state index < -0.39 is 0 Å². The van der Waals surface area contributed by atoms with E-state index in [4.69, 9.17) is 4.74 Å². The van der Waals surface area contributed by atoms with Crippen molar-refractivity contribution in [3.8, 4) is 11.5 Å². The van der Waals surface area contributed by atoms with Gasteiger partial charge in [-0.15, -0.1) is 0 Å². The molecule has 140 valence electrons. The highest BCUT2D eigenvalue weighted by molar-refractivity contribution is 6.11. The van der Waals surface area contributed by atoms with E-state index in [0.29, 0.717) is 11.3 Å². The zero-order valence-corrected chi connectivity index (χ0v) is 15.3. The van der Waals surface area contributed by atoms with Crippen molar-refractivity contribution in [1.82, 2.24) is 4.98 Å². The van der Waals surface area contributed by atoms with Gasteiger partial charge >= 0.3 is 0 Å². The minimum atomic E-state index is -0.308. The van der Waals surface area contributed by atoms with Crippen LogP contribution in [0.2, 0.25) is 0 Å². The normalized spacial score (nSPS) is 11.3. The fourth-order valence-corrected chi connectivity index (χ4v) is 2.72. The average Bonchev–Trinajstić information content (AvgIpc) is 2.71. The molecule has 1 heterocycles. The number of para-hydroxylation sites is 1. The first-order valence-electron chi connectivity index (χ1n) is 8.69. The summed E-state index contributed by atoms with van der Waals surface area (Å²) in [5, 5.41) is 10.6. The Morgan fingerprint density at radius 3 is 2.57 bits per heavy atom. The predicted molar refractivity (Wildman–Crippen MR) is 109 cm³/mol. The van der Waals surface area contributed by atoms with Crippen LogP contribution in [0.1, 0.15) is 17.5 Å². The Bertz CT molecular complexity index is 1080. The van der Waals surface area contributed by atoms with Gasteiger partial charge in [-0.05, 0) is 42.0 Å². The number of benzene rings is 2. The maximum absolute atomic E-state index is 12.1. The van der Waals surface area contributed by atoms with Crippen molar-refractivity contribution < 1.29 is 19.4 Å². The molecule has 0 radical (unpaired) electrons. The summed E-state index contributed by atoms with van der Waals surface area (Å²) in [6, 6.07) is 14.3. The third-order valence-corrected chi connectivity index (χ3v) is 4.13. The lowest BCUT2D eigenvalue weighted by Gasteiger charge is -2.03. The monoisotopic (exact) mass is 373 g/mol. The van der Waals surface area contributed by atoms with Gasteiger partial charge in [0.15, 0.2) is 23.1 Å². The predicted octanol–water partition coefficient (Wildman–Crippen LogP) is 4.20. The lowest BCUT2D eigenvalue weighted by atomic mass is 10.1. The fraction of sp³-hybridized carbons (Fsp3) is 0.0870. The summed E-state index contributed by atoms with van der Waals surface area (Å²) < 4.78 is 5.02. The molecule has 1 N–H and O–H groups in total. The molecular formula is C23H19NO4. The number of ether oxygens (including phenoxy) is 1. The number of hydrogen-bond acceptors (Lipinski definition) is 5. The second kappa shape index (κ2) is 8.77. The van der Waals surface area contributed by atoms with E-state index in [9.17, 15) is 14.7 Å². The number of carbonyl (C=O) groups is 2. The first-order valence-corrected chi connectivity index (χ1v) is 8.69. The first-order chi connectivity index (χ1) is 13.6. The van der Waals surface area contributed by atoms with Crippen LogP contribution < -0.4 is 4.74 Å². The summed E-state index contributed by atoms with van der Waals surface area (Å²) in [7, 11) is 1.45. The number of aromatic hydroxyl groups is 1. The molecule has 0 saturated carbocycles. The lowest BCUT2D eigenvalue weighted by molar-refractivity contribution is -0.121. The molecule has 0 unspecified atom stereocenters. The van der Waals surface area contributed by atoms with Crippen LogP contribution in [0, 0.1) is 0 Å². The van der Waals surface area contributed by atoms with Crippen LogP contribution in [0.15, 0.2) is 66.9 Å². The second-order valence-electron chi connectivity index (χ2n) is 6.13. The van der Waals surface area contributed by atoms with Gasteiger partial charge in [-0.1, -0.05) is 36.4 Å². The third-order valence-electron chi connectivity index (χ3n) is 4.13. The highest BCUT2D eigenvalue weighted by atomic mass is 16.5. The van der Waals surface area contributed by atoms with Gasteiger partial charge in [-0.2, -0.15) is 0 Å². The number of allylic oxidation sites excluding steroid dienone is 2. The number of phenols is 1. The summed E-state index contributed by atoms with van der Waals surface area (Å²) in [4.78, 5) is 28.5. The number of phenolic OH excluding ortho intramolecular Hbond substituents is 1. The Labute approximate surface area is 162 Å². The van der Waals surface area contributed by atoms with Crippen molar-refractivity contribution in [1.29, 1.82) is 0 Å². The van der Waals surface area contributed by atoms with Gasteiger partial charge in [0, 0.05) is 17.1 Å². The van der Waals surface area contributed by atoms with Gasteiger partial charge in [-0.3, -0.25) is 14.6 Å². The van der Waals surface area contributed by atoms with Crippen molar-refractivity contribution in [2.24, 2.45) is 0 Å². The first kappa shape index (κ1) is 19.0. The van der Waals surface area contributed by atoms with E-state index in [-0.39, 0.29) is 23.7 Å². The molecule has 0 bridgehead atoms. The van der Waals surface area contributed by atoms with Crippen LogP contribution in [0.4, 0.5) is 0 Å². The smallest absolute Gasteiger partial charge is 0.163 e. The molecule has 0 saturated heterocycles. The summed E-state index contributed by atoms with van der Waals surface area (Å²) in [5.74, 6) is -0.255. The van der Waals surface area contributed by atoms with Crippen molar-refractivity contribution >= 4 is 34.6 Å². The van der Waals surface area contributed by atoms with Gasteiger partial charge < -0.3 is 9.84 Å². The molecular weight excluding hydrogens is 354 g/mol. The number of ketones is 2. The molecule has 0 fully saturated rings. The molecule has 3 aromatic rings. The fourth-order valence-electron chi connectivity index (χ4n) is 2.72. The van der Waals surface area contributed by atoms with Crippen LogP contribution in [-0.4, -0.2) is 28.8 Å². The van der Waals surface area contributed by atoms with Crippen molar-refractivity contribution in [3.63, 3.8) is 0 Å². The van der Waals surface area contributed by atoms with E-state index in [1.165, 1.54) is 25.3 Å². The molecule has 0 aliphatic carbocycles. The molecule has 1 aromatic heterocycles. The van der Waals surface area contributed by atoms with Gasteiger partial charge in [-0.25, -0.2) is 0 Å². The highest BCUT2D eigenvalue weighted by Gasteiger charge is 2.06. The van der Waals surface area contributed by atoms with E-state index in [1.54, 1.807) is 30.5 Å². The maximum atomic E-state index is 12.1. The van der Waals surface area contributed by atoms with E-state index in [0.717, 1.165) is 16.5 Å². The van der Waals surface area contributed by atoms with Crippen LogP contribution in [0.3, 0.4) is 0 Å². The number of pyridine rings is 1. The van der Waals surface area contributed by atoms with E-state index in [1.807, 2.05) is 30.3 Å². The standard InChI is InChI=1S/C23H19NO4/c1-28-22-14-16(8-12-21(22)27)7-10-19(25)15-20(26)11-9-18-5-2-4-17-6-3-13-24-23(17)18/h2-14,27H,15H2,1H3. The van der Waals surface area contributed by atoms with Crippen LogP contribution >= 0.6 is 0 Å². The summed E-state index contributed by atoms with van der Waals surface area (Å²) in [6.07, 6.45) is 7.49. The number of hydrogen-bond donors (Lipinski definition) is 1. The maximum Gasteiger partial charge on any atom is 0.163 e. The second-order valence-corrected chi connectivity index (χ2v) is 6.13. The summed E-state index contributed by atoms with van der Waals surface area (Å²) in [5.41, 5.74) is 2.32. The minimum absolute atomic E-state index is 0.0224. The van der Waals surface area contributed by atoms with Crippen LogP contribution in [0.5, 0.6) is 11.5 Å². The molecule has 2 aromatic carbocycles. The van der Waals surface area contributed by atoms with Gasteiger partial charge in [0.25, 0.3) is 0 Å². The zero-order chi connectivity index (χ0) is 19.9. The molecule has 0 spiro atoms. The Kier molecular flexibility index (Phi) is 5.97. The summed E-state index contributed by atoms with van der Waals surface area (Å²) in [6.45, 7) is 0. The summed E-state index contributed by atoms with van der Waals surface area (Å²) >= 11 is 0. The number of carbonyl (C=O) groups excluding carboxylic acids is 2. The molecule has 5 heteroatoms. The molecule has 0 aliphatic heterocycles. The molecule has 0 amide bonds. The molecule has 0 atom stereocenters. The quantitative estimate of drug-likeness (QED) is 0.496. The largest absolute Gasteiger partial charge is 0.504 e. The zero-order valence-electron chi connectivity index (χ0n) is 15.3. The Morgan fingerprint density at radius 2 is 1.79 bits per heavy atom. The topological polar surface area (TPSA) is 76.5 Å². The van der Waals surface area contributed by atoms with Crippen molar-refractivity contribution in [2.75, 3.05) is 7.11 Å². The number of nitrogens with zero attached hydrogens (tertiary/aromatic N) is 1. The highest BCUT2D eigenvalue weighted by Crippen LogP contribution is 2.26. The minimum Gasteiger partial charge on any atom is -0.504 e. The Morgan fingerprint density at radius 1 is 1.04 bits per heavy atom. The average molecular weight is 373 g/mol. The van der Waals surface area contributed by atoms with Crippen molar-refractivity contribution in [2.45, 2.75) is 6.42 Å². The van der Waals surface area contributed by atoms with E-state index >= 15 is 0 Å². The number of rotatable bonds is 7. The van der Waals surface area contributed by atoms with Crippen molar-refractivity contribution in [3.05, 3.63) is 78.0 Å². The molecule has 0 aliphatic rings.